The van der Waals surface area contributed by atoms with Gasteiger partial charge in [0.2, 0.25) is 0 Å². The summed E-state index contributed by atoms with van der Waals surface area (Å²) >= 11 is 5.86. The Morgan fingerprint density at radius 3 is 2.65 bits per heavy atom. The predicted molar refractivity (Wildman–Crippen MR) is 80.2 cm³/mol. The van der Waals surface area contributed by atoms with Crippen molar-refractivity contribution in [1.82, 2.24) is 5.32 Å². The van der Waals surface area contributed by atoms with Crippen LogP contribution in [0, 0.1) is 0 Å². The fourth-order valence-corrected chi connectivity index (χ4v) is 1.67. The van der Waals surface area contributed by atoms with Crippen LogP contribution >= 0.6 is 11.6 Å². The molecule has 0 fully saturated rings. The van der Waals surface area contributed by atoms with E-state index in [2.05, 4.69) is 5.32 Å². The minimum absolute atomic E-state index is 0.426. The van der Waals surface area contributed by atoms with Crippen LogP contribution in [-0.2, 0) is 4.74 Å². The van der Waals surface area contributed by atoms with Gasteiger partial charge in [-0.3, -0.25) is 0 Å². The normalized spacial score (nSPS) is 11.0. The molecule has 5 nitrogen and oxygen atoms in total. The zero-order valence-corrected chi connectivity index (χ0v) is 12.8. The lowest BCUT2D eigenvalue weighted by molar-refractivity contribution is 0.0525. The summed E-state index contributed by atoms with van der Waals surface area (Å²) in [5.41, 5.74) is 5.72. The number of rotatable bonds is 5. The largest absolute Gasteiger partial charge is 0.493 e. The number of benzene rings is 1. The third kappa shape index (κ3) is 7.09. The van der Waals surface area contributed by atoms with E-state index < -0.39 is 11.7 Å². The van der Waals surface area contributed by atoms with Crippen LogP contribution in [0.4, 0.5) is 10.5 Å². The van der Waals surface area contributed by atoms with E-state index in [1.807, 2.05) is 20.8 Å². The highest BCUT2D eigenvalue weighted by molar-refractivity contribution is 6.31. The maximum atomic E-state index is 11.4. The van der Waals surface area contributed by atoms with Gasteiger partial charge in [0.25, 0.3) is 0 Å². The standard InChI is InChI=1S/C14H21ClN2O3/c1-14(2,3)20-13(18)17-5-4-6-19-12-8-10(15)7-11(16)9-12/h7-9H,4-6,16H2,1-3H3,(H,17,18). The quantitative estimate of drug-likeness (QED) is 0.647. The summed E-state index contributed by atoms with van der Waals surface area (Å²) in [5, 5.41) is 3.19. The van der Waals surface area contributed by atoms with Crippen molar-refractivity contribution in [2.24, 2.45) is 0 Å². The summed E-state index contributed by atoms with van der Waals surface area (Å²) in [6.45, 7) is 6.39. The van der Waals surface area contributed by atoms with Gasteiger partial charge in [-0.05, 0) is 39.3 Å². The molecule has 0 aromatic heterocycles. The highest BCUT2D eigenvalue weighted by Gasteiger charge is 2.15. The van der Waals surface area contributed by atoms with E-state index in [1.54, 1.807) is 18.2 Å². The summed E-state index contributed by atoms with van der Waals surface area (Å²) in [5.74, 6) is 0.618. The smallest absolute Gasteiger partial charge is 0.407 e. The van der Waals surface area contributed by atoms with Crippen LogP contribution in [0.2, 0.25) is 5.02 Å². The summed E-state index contributed by atoms with van der Waals surface area (Å²) in [7, 11) is 0. The van der Waals surface area contributed by atoms with Gasteiger partial charge in [-0.25, -0.2) is 4.79 Å². The van der Waals surface area contributed by atoms with Gasteiger partial charge in [0.15, 0.2) is 0 Å². The second-order valence-corrected chi connectivity index (χ2v) is 5.79. The van der Waals surface area contributed by atoms with Gasteiger partial charge in [0.1, 0.15) is 11.4 Å². The number of hydrogen-bond donors (Lipinski definition) is 2. The summed E-state index contributed by atoms with van der Waals surface area (Å²) in [6, 6.07) is 5.05. The number of nitrogens with one attached hydrogen (secondary N) is 1. The van der Waals surface area contributed by atoms with Crippen LogP contribution in [0.1, 0.15) is 27.2 Å². The Morgan fingerprint density at radius 2 is 2.05 bits per heavy atom. The monoisotopic (exact) mass is 300 g/mol. The molecule has 1 aromatic rings. The van der Waals surface area contributed by atoms with Crippen LogP contribution in [0.3, 0.4) is 0 Å². The van der Waals surface area contributed by atoms with Gasteiger partial charge in [0, 0.05) is 23.3 Å². The minimum atomic E-state index is -0.487. The lowest BCUT2D eigenvalue weighted by Gasteiger charge is -2.19. The summed E-state index contributed by atoms with van der Waals surface area (Å²) in [4.78, 5) is 11.4. The van der Waals surface area contributed by atoms with Crippen molar-refractivity contribution in [3.8, 4) is 5.75 Å². The van der Waals surface area contributed by atoms with Crippen molar-refractivity contribution < 1.29 is 14.3 Å². The molecule has 1 rings (SSSR count). The van der Waals surface area contributed by atoms with Crippen molar-refractivity contribution in [2.75, 3.05) is 18.9 Å². The number of amides is 1. The number of halogens is 1. The fourth-order valence-electron chi connectivity index (χ4n) is 1.43. The maximum absolute atomic E-state index is 11.4. The third-order valence-electron chi connectivity index (χ3n) is 2.15. The number of alkyl carbamates (subject to hydrolysis) is 1. The molecular formula is C14H21ClN2O3. The first kappa shape index (κ1) is 16.4. The van der Waals surface area contributed by atoms with Crippen LogP contribution in [-0.4, -0.2) is 24.8 Å². The van der Waals surface area contributed by atoms with E-state index >= 15 is 0 Å². The lowest BCUT2D eigenvalue weighted by atomic mass is 10.2. The first-order valence-electron chi connectivity index (χ1n) is 6.42. The highest BCUT2D eigenvalue weighted by atomic mass is 35.5. The Kier molecular flexibility index (Phi) is 5.95. The van der Waals surface area contributed by atoms with E-state index in [0.717, 1.165) is 0 Å². The molecule has 0 saturated heterocycles. The molecule has 0 spiro atoms. The molecule has 0 saturated carbocycles. The second kappa shape index (κ2) is 7.24. The molecule has 0 unspecified atom stereocenters. The molecule has 3 N–H and O–H groups in total. The molecule has 1 amide bonds. The molecule has 6 heteroatoms. The summed E-state index contributed by atoms with van der Waals surface area (Å²) < 4.78 is 10.6. The van der Waals surface area contributed by atoms with Gasteiger partial charge >= 0.3 is 6.09 Å². The van der Waals surface area contributed by atoms with Gasteiger partial charge in [-0.1, -0.05) is 11.6 Å². The number of nitrogens with two attached hydrogens (primary N) is 1. The van der Waals surface area contributed by atoms with Crippen molar-refractivity contribution in [3.63, 3.8) is 0 Å². The van der Waals surface area contributed by atoms with Crippen LogP contribution in [0.5, 0.6) is 5.75 Å². The zero-order chi connectivity index (χ0) is 15.2. The molecule has 0 heterocycles. The molecule has 20 heavy (non-hydrogen) atoms. The fraction of sp³-hybridized carbons (Fsp3) is 0.500. The Morgan fingerprint density at radius 1 is 1.35 bits per heavy atom. The van der Waals surface area contributed by atoms with Crippen molar-refractivity contribution >= 4 is 23.4 Å². The van der Waals surface area contributed by atoms with Gasteiger partial charge < -0.3 is 20.5 Å². The number of anilines is 1. The first-order valence-corrected chi connectivity index (χ1v) is 6.80. The van der Waals surface area contributed by atoms with E-state index in [4.69, 9.17) is 26.8 Å². The van der Waals surface area contributed by atoms with Crippen molar-refractivity contribution in [1.29, 1.82) is 0 Å². The first-order chi connectivity index (χ1) is 9.26. The Hall–Kier alpha value is -1.62. The van der Waals surface area contributed by atoms with Gasteiger partial charge in [-0.15, -0.1) is 0 Å². The number of carbonyl (C=O) groups excluding carboxylic acids is 1. The van der Waals surface area contributed by atoms with Gasteiger partial charge in [-0.2, -0.15) is 0 Å². The second-order valence-electron chi connectivity index (χ2n) is 5.35. The molecule has 0 atom stereocenters. The molecule has 0 aliphatic carbocycles. The molecule has 1 aromatic carbocycles. The van der Waals surface area contributed by atoms with Crippen LogP contribution < -0.4 is 15.8 Å². The highest BCUT2D eigenvalue weighted by Crippen LogP contribution is 2.22. The number of ether oxygens (including phenoxy) is 2. The van der Waals surface area contributed by atoms with E-state index in [9.17, 15) is 4.79 Å². The lowest BCUT2D eigenvalue weighted by Crippen LogP contribution is -2.33. The molecule has 0 radical (unpaired) electrons. The number of hydrogen-bond acceptors (Lipinski definition) is 4. The molecular weight excluding hydrogens is 280 g/mol. The molecule has 0 bridgehead atoms. The average Bonchev–Trinajstić information content (AvgIpc) is 2.24. The molecule has 0 aliphatic rings. The van der Waals surface area contributed by atoms with E-state index in [0.29, 0.717) is 36.0 Å². The average molecular weight is 301 g/mol. The summed E-state index contributed by atoms with van der Waals surface area (Å²) in [6.07, 6.45) is 0.232. The molecule has 112 valence electrons. The maximum Gasteiger partial charge on any atom is 0.407 e. The number of nitrogen functional groups attached to an aromatic ring is 1. The van der Waals surface area contributed by atoms with Crippen LogP contribution in [0.15, 0.2) is 18.2 Å². The Balaban J connectivity index is 2.20. The van der Waals surface area contributed by atoms with Crippen molar-refractivity contribution in [3.05, 3.63) is 23.2 Å². The number of carbonyl (C=O) groups is 1. The minimum Gasteiger partial charge on any atom is -0.493 e. The Bertz CT molecular complexity index is 438. The van der Waals surface area contributed by atoms with Gasteiger partial charge in [0.05, 0.1) is 6.61 Å². The Labute approximate surface area is 124 Å². The van der Waals surface area contributed by atoms with Crippen LogP contribution in [0.25, 0.3) is 0 Å². The zero-order valence-electron chi connectivity index (χ0n) is 12.0. The SMILES string of the molecule is CC(C)(C)OC(=O)NCCCOc1cc(N)cc(Cl)c1. The van der Waals surface area contributed by atoms with E-state index in [-0.39, 0.29) is 0 Å². The molecule has 0 aliphatic heterocycles. The topological polar surface area (TPSA) is 73.6 Å². The van der Waals surface area contributed by atoms with E-state index in [1.165, 1.54) is 0 Å². The predicted octanol–water partition coefficient (Wildman–Crippen LogP) is 3.22. The third-order valence-corrected chi connectivity index (χ3v) is 2.37. The van der Waals surface area contributed by atoms with Crippen molar-refractivity contribution in [2.45, 2.75) is 32.8 Å².